The summed E-state index contributed by atoms with van der Waals surface area (Å²) in [6, 6.07) is 14.3. The molecule has 0 atom stereocenters. The predicted molar refractivity (Wildman–Crippen MR) is 120 cm³/mol. The maximum absolute atomic E-state index is 12.5. The summed E-state index contributed by atoms with van der Waals surface area (Å²) in [5.74, 6) is -1.01. The number of ether oxygens (including phenoxy) is 1. The topological polar surface area (TPSA) is 96.2 Å². The lowest BCUT2D eigenvalue weighted by Crippen LogP contribution is -2.49. The fraction of sp³-hybridized carbons (Fsp3) is 0.391. The van der Waals surface area contributed by atoms with Gasteiger partial charge in [-0.15, -0.1) is 0 Å². The maximum Gasteiger partial charge on any atom is 0.338 e. The minimum absolute atomic E-state index is 0.0707. The van der Waals surface area contributed by atoms with E-state index in [9.17, 15) is 19.7 Å². The molecule has 32 heavy (non-hydrogen) atoms. The number of carbonyl (C=O) groups is 2. The Morgan fingerprint density at radius 2 is 1.59 bits per heavy atom. The minimum atomic E-state index is -0.739. The van der Waals surface area contributed by atoms with Crippen molar-refractivity contribution in [1.29, 1.82) is 0 Å². The molecule has 4 rings (SSSR count). The molecule has 0 unspecified atom stereocenters. The molecule has 0 aromatic heterocycles. The van der Waals surface area contributed by atoms with Crippen LogP contribution in [0, 0.1) is 10.1 Å². The van der Waals surface area contributed by atoms with Gasteiger partial charge in [0.2, 0.25) is 0 Å². The van der Waals surface area contributed by atoms with Crippen LogP contribution in [-0.2, 0) is 9.53 Å². The number of hydrogen-bond acceptors (Lipinski definition) is 7. The first-order chi connectivity index (χ1) is 15.5. The normalized spacial score (nSPS) is 16.2. The number of rotatable bonds is 6. The molecular weight excluding hydrogens is 412 g/mol. The molecule has 2 aliphatic heterocycles. The molecule has 0 N–H and O–H groups in total. The van der Waals surface area contributed by atoms with Crippen molar-refractivity contribution in [2.75, 3.05) is 55.7 Å². The van der Waals surface area contributed by atoms with E-state index in [1.807, 2.05) is 35.2 Å². The highest BCUT2D eigenvalue weighted by Crippen LogP contribution is 2.31. The zero-order chi connectivity index (χ0) is 22.5. The molecule has 9 heteroatoms. The van der Waals surface area contributed by atoms with Gasteiger partial charge in [-0.1, -0.05) is 18.2 Å². The molecule has 2 aromatic carbocycles. The molecule has 2 heterocycles. The Morgan fingerprint density at radius 1 is 0.906 bits per heavy atom. The van der Waals surface area contributed by atoms with Crippen LogP contribution < -0.4 is 9.80 Å². The third kappa shape index (κ3) is 4.82. The summed E-state index contributed by atoms with van der Waals surface area (Å²) in [4.78, 5) is 41.8. The Morgan fingerprint density at radius 3 is 2.25 bits per heavy atom. The molecule has 2 aromatic rings. The van der Waals surface area contributed by atoms with Crippen LogP contribution in [0.1, 0.15) is 23.2 Å². The number of benzene rings is 2. The fourth-order valence-electron chi connectivity index (χ4n) is 4.18. The van der Waals surface area contributed by atoms with E-state index in [0.29, 0.717) is 31.9 Å². The summed E-state index contributed by atoms with van der Waals surface area (Å²) in [5.41, 5.74) is 1.58. The Kier molecular flexibility index (Phi) is 6.53. The predicted octanol–water partition coefficient (Wildman–Crippen LogP) is 2.70. The van der Waals surface area contributed by atoms with E-state index in [2.05, 4.69) is 4.90 Å². The van der Waals surface area contributed by atoms with E-state index in [1.165, 1.54) is 12.1 Å². The molecule has 0 radical (unpaired) electrons. The molecule has 0 saturated carbocycles. The smallest absolute Gasteiger partial charge is 0.338 e. The van der Waals surface area contributed by atoms with Crippen molar-refractivity contribution >= 4 is 28.9 Å². The van der Waals surface area contributed by atoms with Gasteiger partial charge < -0.3 is 19.4 Å². The van der Waals surface area contributed by atoms with Gasteiger partial charge in [-0.25, -0.2) is 4.79 Å². The van der Waals surface area contributed by atoms with Crippen LogP contribution >= 0.6 is 0 Å². The van der Waals surface area contributed by atoms with Gasteiger partial charge in [0.15, 0.2) is 6.61 Å². The summed E-state index contributed by atoms with van der Waals surface area (Å²) in [6.07, 6.45) is 1.98. The number of piperazine rings is 1. The lowest BCUT2D eigenvalue weighted by Gasteiger charge is -2.36. The Hall–Kier alpha value is -3.62. The van der Waals surface area contributed by atoms with Crippen LogP contribution in [0.5, 0.6) is 0 Å². The van der Waals surface area contributed by atoms with Crippen molar-refractivity contribution in [3.05, 3.63) is 64.2 Å². The number of hydrogen-bond donors (Lipinski definition) is 0. The van der Waals surface area contributed by atoms with E-state index >= 15 is 0 Å². The summed E-state index contributed by atoms with van der Waals surface area (Å²) < 4.78 is 5.17. The van der Waals surface area contributed by atoms with E-state index < -0.39 is 10.9 Å². The molecule has 2 aliphatic rings. The first-order valence-corrected chi connectivity index (χ1v) is 10.8. The van der Waals surface area contributed by atoms with Crippen LogP contribution in [0.15, 0.2) is 48.5 Å². The number of para-hydroxylation sites is 1. The number of esters is 1. The van der Waals surface area contributed by atoms with Crippen molar-refractivity contribution in [2.45, 2.75) is 12.8 Å². The molecule has 0 bridgehead atoms. The largest absolute Gasteiger partial charge is 0.452 e. The van der Waals surface area contributed by atoms with E-state index in [0.717, 1.165) is 31.6 Å². The number of nitro groups is 1. The first-order valence-electron chi connectivity index (χ1n) is 10.8. The Labute approximate surface area is 186 Å². The van der Waals surface area contributed by atoms with Gasteiger partial charge in [0.05, 0.1) is 10.5 Å². The van der Waals surface area contributed by atoms with Gasteiger partial charge in [0.25, 0.3) is 11.6 Å². The summed E-state index contributed by atoms with van der Waals surface area (Å²) in [7, 11) is 0. The monoisotopic (exact) mass is 438 g/mol. The van der Waals surface area contributed by atoms with Gasteiger partial charge in [-0.3, -0.25) is 14.9 Å². The van der Waals surface area contributed by atoms with Crippen LogP contribution in [0.4, 0.5) is 17.1 Å². The van der Waals surface area contributed by atoms with Gasteiger partial charge in [-0.05, 0) is 37.1 Å². The maximum atomic E-state index is 12.5. The zero-order valence-electron chi connectivity index (χ0n) is 17.8. The van der Waals surface area contributed by atoms with Crippen molar-refractivity contribution in [2.24, 2.45) is 0 Å². The standard InChI is InChI=1S/C23H26N4O5/c28-22(26-14-12-24(13-15-26)19-6-2-1-3-7-19)17-32-23(29)18-8-9-20(21(16-18)27(30)31)25-10-4-5-11-25/h1-3,6-9,16H,4-5,10-15,17H2. The third-order valence-electron chi connectivity index (χ3n) is 5.94. The molecule has 0 aliphatic carbocycles. The lowest BCUT2D eigenvalue weighted by molar-refractivity contribution is -0.384. The highest BCUT2D eigenvalue weighted by Gasteiger charge is 2.26. The second-order valence-corrected chi connectivity index (χ2v) is 7.93. The average Bonchev–Trinajstić information content (AvgIpc) is 3.37. The Balaban J connectivity index is 1.32. The molecule has 2 saturated heterocycles. The molecule has 0 spiro atoms. The molecule has 9 nitrogen and oxygen atoms in total. The first kappa shape index (κ1) is 21.6. The number of amides is 1. The third-order valence-corrected chi connectivity index (χ3v) is 5.94. The summed E-state index contributed by atoms with van der Waals surface area (Å²) in [6.45, 7) is 3.63. The van der Waals surface area contributed by atoms with Gasteiger partial charge >= 0.3 is 5.97 Å². The van der Waals surface area contributed by atoms with E-state index in [4.69, 9.17) is 4.74 Å². The van der Waals surface area contributed by atoms with Gasteiger partial charge in [0, 0.05) is 51.0 Å². The highest BCUT2D eigenvalue weighted by molar-refractivity contribution is 5.93. The SMILES string of the molecule is O=C(OCC(=O)N1CCN(c2ccccc2)CC1)c1ccc(N2CCCC2)c([N+](=O)[O-])c1. The average molecular weight is 438 g/mol. The number of anilines is 2. The molecule has 2 fully saturated rings. The quantitative estimate of drug-likeness (QED) is 0.389. The van der Waals surface area contributed by atoms with Crippen LogP contribution in [-0.4, -0.2) is 67.6 Å². The Bertz CT molecular complexity index is 983. The number of nitrogens with zero attached hydrogens (tertiary/aromatic N) is 4. The fourth-order valence-corrected chi connectivity index (χ4v) is 4.18. The van der Waals surface area contributed by atoms with Crippen molar-refractivity contribution in [1.82, 2.24) is 4.90 Å². The van der Waals surface area contributed by atoms with Crippen molar-refractivity contribution in [3.8, 4) is 0 Å². The summed E-state index contributed by atoms with van der Waals surface area (Å²) >= 11 is 0. The molecular formula is C23H26N4O5. The molecule has 1 amide bonds. The van der Waals surface area contributed by atoms with Crippen molar-refractivity contribution < 1.29 is 19.2 Å². The van der Waals surface area contributed by atoms with Crippen LogP contribution in [0.2, 0.25) is 0 Å². The van der Waals surface area contributed by atoms with E-state index in [-0.39, 0.29) is 23.8 Å². The number of nitro benzene ring substituents is 1. The van der Waals surface area contributed by atoms with E-state index in [1.54, 1.807) is 11.0 Å². The number of carbonyl (C=O) groups excluding carboxylic acids is 2. The highest BCUT2D eigenvalue weighted by atomic mass is 16.6. The van der Waals surface area contributed by atoms with Crippen molar-refractivity contribution in [3.63, 3.8) is 0 Å². The lowest BCUT2D eigenvalue weighted by atomic mass is 10.1. The van der Waals surface area contributed by atoms with Gasteiger partial charge in [0.1, 0.15) is 5.69 Å². The second kappa shape index (κ2) is 9.67. The summed E-state index contributed by atoms with van der Waals surface area (Å²) in [5, 5.41) is 11.5. The van der Waals surface area contributed by atoms with Crippen LogP contribution in [0.3, 0.4) is 0 Å². The second-order valence-electron chi connectivity index (χ2n) is 7.93. The van der Waals surface area contributed by atoms with Gasteiger partial charge in [-0.2, -0.15) is 0 Å². The zero-order valence-corrected chi connectivity index (χ0v) is 17.8. The minimum Gasteiger partial charge on any atom is -0.452 e. The molecule has 168 valence electrons. The van der Waals surface area contributed by atoms with Crippen LogP contribution in [0.25, 0.3) is 0 Å².